The maximum atomic E-state index is 11.9. The quantitative estimate of drug-likeness (QED) is 0.680. The van der Waals surface area contributed by atoms with Crippen LogP contribution in [-0.2, 0) is 6.42 Å². The predicted octanol–water partition coefficient (Wildman–Crippen LogP) is 3.39. The Hall–Kier alpha value is -1.57. The lowest BCUT2D eigenvalue weighted by molar-refractivity contribution is 0.0970. The number of benzene rings is 1. The third-order valence-electron chi connectivity index (χ3n) is 3.42. The van der Waals surface area contributed by atoms with Crippen LogP contribution in [0.15, 0.2) is 18.2 Å². The predicted molar refractivity (Wildman–Crippen MR) is 67.5 cm³/mol. The second-order valence-corrected chi connectivity index (χ2v) is 5.36. The molecule has 0 N–H and O–H groups in total. The van der Waals surface area contributed by atoms with Crippen LogP contribution in [0.3, 0.4) is 0 Å². The van der Waals surface area contributed by atoms with E-state index in [1.54, 1.807) is 0 Å². The molecule has 0 spiro atoms. The van der Waals surface area contributed by atoms with E-state index in [2.05, 4.69) is 18.2 Å². The van der Waals surface area contributed by atoms with Crippen LogP contribution in [0, 0.1) is 0 Å². The van der Waals surface area contributed by atoms with Crippen LogP contribution >= 0.6 is 0 Å². The summed E-state index contributed by atoms with van der Waals surface area (Å²) < 4.78 is 5.89. The standard InChI is InChI=1S/C15H16O2/c1-15(2)7-6-11-8-10-4-3-5-13(16)12(10)9-14(11)17-15/h6-9H,3-5H2,1-2H3. The van der Waals surface area contributed by atoms with Crippen molar-refractivity contribution in [1.29, 1.82) is 0 Å². The molecular formula is C15H16O2. The molecule has 3 rings (SSSR count). The van der Waals surface area contributed by atoms with Crippen LogP contribution in [0.2, 0.25) is 0 Å². The van der Waals surface area contributed by atoms with Crippen molar-refractivity contribution in [3.8, 4) is 5.75 Å². The average molecular weight is 228 g/mol. The molecule has 0 fully saturated rings. The highest BCUT2D eigenvalue weighted by Gasteiger charge is 2.25. The molecule has 2 aliphatic rings. The van der Waals surface area contributed by atoms with Gasteiger partial charge in [0.1, 0.15) is 11.4 Å². The second kappa shape index (κ2) is 3.46. The van der Waals surface area contributed by atoms with E-state index in [0.29, 0.717) is 6.42 Å². The maximum Gasteiger partial charge on any atom is 0.163 e. The maximum absolute atomic E-state index is 11.9. The lowest BCUT2D eigenvalue weighted by Gasteiger charge is -2.29. The van der Waals surface area contributed by atoms with E-state index in [1.165, 1.54) is 5.56 Å². The molecule has 1 aromatic rings. The number of Topliss-reactive ketones (excluding diaryl/α,β-unsaturated/α-hetero) is 1. The first-order valence-electron chi connectivity index (χ1n) is 6.13. The van der Waals surface area contributed by atoms with Crippen molar-refractivity contribution < 1.29 is 9.53 Å². The third kappa shape index (κ3) is 1.78. The van der Waals surface area contributed by atoms with Gasteiger partial charge >= 0.3 is 0 Å². The Morgan fingerprint density at radius 3 is 2.88 bits per heavy atom. The van der Waals surface area contributed by atoms with Crippen LogP contribution in [0.5, 0.6) is 5.75 Å². The molecule has 17 heavy (non-hydrogen) atoms. The molecule has 0 saturated carbocycles. The number of hydrogen-bond acceptors (Lipinski definition) is 2. The molecule has 1 aliphatic heterocycles. The van der Waals surface area contributed by atoms with Gasteiger partial charge in [0.25, 0.3) is 0 Å². The van der Waals surface area contributed by atoms with Crippen molar-refractivity contribution in [3.05, 3.63) is 34.9 Å². The molecule has 0 radical (unpaired) electrons. The number of fused-ring (bicyclic) bond motifs is 2. The zero-order valence-corrected chi connectivity index (χ0v) is 10.2. The van der Waals surface area contributed by atoms with Crippen LogP contribution in [0.4, 0.5) is 0 Å². The van der Waals surface area contributed by atoms with E-state index in [0.717, 1.165) is 29.7 Å². The molecule has 0 saturated heterocycles. The fraction of sp³-hybridized carbons (Fsp3) is 0.400. The fourth-order valence-electron chi connectivity index (χ4n) is 2.51. The normalized spacial score (nSPS) is 20.5. The van der Waals surface area contributed by atoms with Gasteiger partial charge in [0.2, 0.25) is 0 Å². The van der Waals surface area contributed by atoms with Crippen molar-refractivity contribution >= 4 is 11.9 Å². The first-order valence-corrected chi connectivity index (χ1v) is 6.13. The van der Waals surface area contributed by atoms with E-state index in [1.807, 2.05) is 19.9 Å². The van der Waals surface area contributed by atoms with Gasteiger partial charge in [-0.2, -0.15) is 0 Å². The van der Waals surface area contributed by atoms with Crippen molar-refractivity contribution in [2.75, 3.05) is 0 Å². The summed E-state index contributed by atoms with van der Waals surface area (Å²) >= 11 is 0. The van der Waals surface area contributed by atoms with Crippen molar-refractivity contribution in [2.45, 2.75) is 38.7 Å². The molecule has 0 bridgehead atoms. The number of rotatable bonds is 0. The van der Waals surface area contributed by atoms with Gasteiger partial charge in [-0.05, 0) is 50.5 Å². The van der Waals surface area contributed by atoms with Gasteiger partial charge in [-0.3, -0.25) is 4.79 Å². The SMILES string of the molecule is CC1(C)C=Cc2cc3c(cc2O1)C(=O)CCC3. The molecule has 88 valence electrons. The number of ether oxygens (including phenoxy) is 1. The lowest BCUT2D eigenvalue weighted by Crippen LogP contribution is -2.28. The van der Waals surface area contributed by atoms with Crippen LogP contribution in [-0.4, -0.2) is 11.4 Å². The highest BCUT2D eigenvalue weighted by atomic mass is 16.5. The van der Waals surface area contributed by atoms with Gasteiger partial charge in [0.15, 0.2) is 5.78 Å². The van der Waals surface area contributed by atoms with Gasteiger partial charge < -0.3 is 4.74 Å². The molecule has 1 aromatic carbocycles. The Bertz CT molecular complexity index is 524. The molecular weight excluding hydrogens is 212 g/mol. The van der Waals surface area contributed by atoms with Gasteiger partial charge in [-0.25, -0.2) is 0 Å². The molecule has 1 heterocycles. The summed E-state index contributed by atoms with van der Waals surface area (Å²) in [4.78, 5) is 11.9. The minimum absolute atomic E-state index is 0.255. The van der Waals surface area contributed by atoms with Gasteiger partial charge in [0, 0.05) is 17.5 Å². The summed E-state index contributed by atoms with van der Waals surface area (Å²) in [5, 5.41) is 0. The summed E-state index contributed by atoms with van der Waals surface area (Å²) in [5.41, 5.74) is 2.85. The number of carbonyl (C=O) groups excluding carboxylic acids is 1. The Morgan fingerprint density at radius 1 is 1.24 bits per heavy atom. The molecule has 0 atom stereocenters. The Labute approximate surface area is 101 Å². The molecule has 0 aromatic heterocycles. The van der Waals surface area contributed by atoms with E-state index < -0.39 is 0 Å². The Morgan fingerprint density at radius 2 is 2.06 bits per heavy atom. The smallest absolute Gasteiger partial charge is 0.163 e. The molecule has 2 nitrogen and oxygen atoms in total. The summed E-state index contributed by atoms with van der Waals surface area (Å²) in [5.74, 6) is 1.09. The van der Waals surface area contributed by atoms with E-state index in [-0.39, 0.29) is 11.4 Å². The van der Waals surface area contributed by atoms with Crippen LogP contribution in [0.25, 0.3) is 6.08 Å². The number of ketones is 1. The molecule has 0 amide bonds. The van der Waals surface area contributed by atoms with Gasteiger partial charge in [-0.1, -0.05) is 6.08 Å². The van der Waals surface area contributed by atoms with Crippen LogP contribution < -0.4 is 4.74 Å². The van der Waals surface area contributed by atoms with Crippen LogP contribution in [0.1, 0.15) is 48.2 Å². The fourth-order valence-corrected chi connectivity index (χ4v) is 2.51. The highest BCUT2D eigenvalue weighted by Crippen LogP contribution is 2.35. The zero-order chi connectivity index (χ0) is 12.0. The first kappa shape index (κ1) is 10.6. The minimum Gasteiger partial charge on any atom is -0.483 e. The number of carbonyl (C=O) groups is 1. The lowest BCUT2D eigenvalue weighted by atomic mass is 9.88. The first-order chi connectivity index (χ1) is 8.05. The largest absolute Gasteiger partial charge is 0.483 e. The summed E-state index contributed by atoms with van der Waals surface area (Å²) in [6.45, 7) is 4.04. The van der Waals surface area contributed by atoms with Gasteiger partial charge in [0.05, 0.1) is 0 Å². The minimum atomic E-state index is -0.279. The van der Waals surface area contributed by atoms with E-state index >= 15 is 0 Å². The van der Waals surface area contributed by atoms with Crippen molar-refractivity contribution in [1.82, 2.24) is 0 Å². The summed E-state index contributed by atoms with van der Waals surface area (Å²) in [7, 11) is 0. The number of aryl methyl sites for hydroxylation is 1. The van der Waals surface area contributed by atoms with E-state index in [9.17, 15) is 4.79 Å². The molecule has 0 unspecified atom stereocenters. The highest BCUT2D eigenvalue weighted by molar-refractivity contribution is 5.99. The number of hydrogen-bond donors (Lipinski definition) is 0. The van der Waals surface area contributed by atoms with Crippen molar-refractivity contribution in [3.63, 3.8) is 0 Å². The van der Waals surface area contributed by atoms with Crippen molar-refractivity contribution in [2.24, 2.45) is 0 Å². The molecule has 2 heteroatoms. The summed E-state index contributed by atoms with van der Waals surface area (Å²) in [6.07, 6.45) is 6.81. The Balaban J connectivity index is 2.12. The van der Waals surface area contributed by atoms with E-state index in [4.69, 9.17) is 4.74 Å². The topological polar surface area (TPSA) is 26.3 Å². The third-order valence-corrected chi connectivity index (χ3v) is 3.42. The zero-order valence-electron chi connectivity index (χ0n) is 10.2. The molecule has 1 aliphatic carbocycles. The summed E-state index contributed by atoms with van der Waals surface area (Å²) in [6, 6.07) is 4.03. The van der Waals surface area contributed by atoms with Gasteiger partial charge in [-0.15, -0.1) is 0 Å². The second-order valence-electron chi connectivity index (χ2n) is 5.36. The monoisotopic (exact) mass is 228 g/mol. The Kier molecular flexibility index (Phi) is 2.15. The average Bonchev–Trinajstić information content (AvgIpc) is 2.27.